The topological polar surface area (TPSA) is 79.4 Å². The molecule has 162 valence electrons. The fourth-order valence-corrected chi connectivity index (χ4v) is 5.75. The van der Waals surface area contributed by atoms with Crippen LogP contribution >= 0.6 is 11.3 Å². The minimum absolute atomic E-state index is 0.0778. The van der Waals surface area contributed by atoms with E-state index in [1.165, 1.54) is 4.31 Å². The fourth-order valence-electron chi connectivity index (χ4n) is 3.61. The summed E-state index contributed by atoms with van der Waals surface area (Å²) in [7, 11) is -3.40. The van der Waals surface area contributed by atoms with Crippen LogP contribution in [-0.2, 0) is 21.2 Å². The molecule has 1 amide bonds. The second-order valence-corrected chi connectivity index (χ2v) is 10.6. The molecule has 0 spiro atoms. The summed E-state index contributed by atoms with van der Waals surface area (Å²) in [5.74, 6) is -0.0778. The molecule has 0 aliphatic carbocycles. The predicted octanol–water partition coefficient (Wildman–Crippen LogP) is 4.47. The molecule has 2 heterocycles. The third-order valence-electron chi connectivity index (χ3n) is 5.35. The Morgan fingerprint density at radius 3 is 2.35 bits per heavy atom. The lowest BCUT2D eigenvalue weighted by molar-refractivity contribution is -0.116. The van der Waals surface area contributed by atoms with Crippen LogP contribution in [0.15, 0.2) is 58.8 Å². The number of carbonyl (C=O) groups excluding carboxylic acids is 1. The van der Waals surface area contributed by atoms with Crippen molar-refractivity contribution >= 4 is 33.0 Å². The van der Waals surface area contributed by atoms with Gasteiger partial charge in [0, 0.05) is 36.1 Å². The highest BCUT2D eigenvalue weighted by atomic mass is 32.2. The summed E-state index contributed by atoms with van der Waals surface area (Å²) in [6.07, 6.45) is 2.71. The Bertz CT molecular complexity index is 1150. The third kappa shape index (κ3) is 5.20. The van der Waals surface area contributed by atoms with Crippen LogP contribution in [0.4, 0.5) is 5.69 Å². The van der Waals surface area contributed by atoms with Crippen LogP contribution in [0.2, 0.25) is 0 Å². The lowest BCUT2D eigenvalue weighted by Gasteiger charge is -2.15. The van der Waals surface area contributed by atoms with Gasteiger partial charge in [-0.3, -0.25) is 4.79 Å². The van der Waals surface area contributed by atoms with Crippen LogP contribution < -0.4 is 5.32 Å². The van der Waals surface area contributed by atoms with Crippen molar-refractivity contribution in [1.82, 2.24) is 9.29 Å². The van der Waals surface area contributed by atoms with Gasteiger partial charge in [0.15, 0.2) is 0 Å². The van der Waals surface area contributed by atoms with Gasteiger partial charge in [-0.1, -0.05) is 24.3 Å². The summed E-state index contributed by atoms with van der Waals surface area (Å²) < 4.78 is 26.7. The number of nitrogens with one attached hydrogen (secondary N) is 1. The van der Waals surface area contributed by atoms with E-state index in [1.54, 1.807) is 35.6 Å². The van der Waals surface area contributed by atoms with Gasteiger partial charge in [-0.05, 0) is 56.0 Å². The van der Waals surface area contributed by atoms with Crippen LogP contribution in [0.3, 0.4) is 0 Å². The molecule has 0 unspecified atom stereocenters. The zero-order valence-corrected chi connectivity index (χ0v) is 19.0. The monoisotopic (exact) mass is 455 g/mol. The molecule has 4 rings (SSSR count). The van der Waals surface area contributed by atoms with Gasteiger partial charge in [0.25, 0.3) is 0 Å². The first kappa shape index (κ1) is 21.7. The summed E-state index contributed by atoms with van der Waals surface area (Å²) in [6.45, 7) is 3.16. The second-order valence-electron chi connectivity index (χ2n) is 7.63. The normalized spacial score (nSPS) is 14.6. The van der Waals surface area contributed by atoms with Crippen molar-refractivity contribution in [3.63, 3.8) is 0 Å². The zero-order chi connectivity index (χ0) is 21.8. The van der Waals surface area contributed by atoms with Crippen molar-refractivity contribution in [2.45, 2.75) is 37.5 Å². The number of sulfonamides is 1. The van der Waals surface area contributed by atoms with Crippen molar-refractivity contribution in [2.24, 2.45) is 0 Å². The lowest BCUT2D eigenvalue weighted by atomic mass is 10.1. The van der Waals surface area contributed by atoms with E-state index in [0.29, 0.717) is 30.8 Å². The number of carbonyl (C=O) groups is 1. The molecule has 1 fully saturated rings. The molecule has 0 radical (unpaired) electrons. The molecule has 1 aliphatic heterocycles. The summed E-state index contributed by atoms with van der Waals surface area (Å²) in [5.41, 5.74) is 3.64. The van der Waals surface area contributed by atoms with Crippen molar-refractivity contribution in [3.05, 3.63) is 64.5 Å². The van der Waals surface area contributed by atoms with Crippen LogP contribution in [0.25, 0.3) is 11.3 Å². The van der Waals surface area contributed by atoms with E-state index >= 15 is 0 Å². The first-order valence-electron chi connectivity index (χ1n) is 10.3. The molecule has 8 heteroatoms. The maximum atomic E-state index is 12.6. The van der Waals surface area contributed by atoms with E-state index < -0.39 is 10.0 Å². The van der Waals surface area contributed by atoms with Gasteiger partial charge >= 0.3 is 0 Å². The summed E-state index contributed by atoms with van der Waals surface area (Å²) in [4.78, 5) is 17.1. The Morgan fingerprint density at radius 2 is 1.74 bits per heavy atom. The van der Waals surface area contributed by atoms with E-state index in [1.807, 2.05) is 36.6 Å². The first-order valence-corrected chi connectivity index (χ1v) is 12.7. The quantitative estimate of drug-likeness (QED) is 0.570. The molecule has 1 aromatic heterocycles. The maximum absolute atomic E-state index is 12.6. The first-order chi connectivity index (χ1) is 14.9. The number of aromatic nitrogens is 1. The molecular formula is C23H25N3O3S2. The lowest BCUT2D eigenvalue weighted by Crippen LogP contribution is -2.27. The number of hydrogen-bond acceptors (Lipinski definition) is 5. The number of benzene rings is 2. The average molecular weight is 456 g/mol. The van der Waals surface area contributed by atoms with E-state index in [0.717, 1.165) is 40.4 Å². The maximum Gasteiger partial charge on any atom is 0.243 e. The predicted molar refractivity (Wildman–Crippen MR) is 124 cm³/mol. The Morgan fingerprint density at radius 1 is 1.06 bits per heavy atom. The largest absolute Gasteiger partial charge is 0.326 e. The molecule has 1 N–H and O–H groups in total. The average Bonchev–Trinajstić information content (AvgIpc) is 3.46. The van der Waals surface area contributed by atoms with Gasteiger partial charge < -0.3 is 5.32 Å². The third-order valence-corrected chi connectivity index (χ3v) is 8.04. The molecule has 0 atom stereocenters. The molecule has 6 nitrogen and oxygen atoms in total. The second kappa shape index (κ2) is 9.30. The number of anilines is 1. The van der Waals surface area contributed by atoms with Crippen molar-refractivity contribution in [1.29, 1.82) is 0 Å². The number of nitrogens with zero attached hydrogens (tertiary/aromatic N) is 2. The summed E-state index contributed by atoms with van der Waals surface area (Å²) in [6, 6.07) is 14.5. The molecule has 0 bridgehead atoms. The highest BCUT2D eigenvalue weighted by molar-refractivity contribution is 7.89. The molecule has 31 heavy (non-hydrogen) atoms. The zero-order valence-electron chi connectivity index (χ0n) is 17.4. The van der Waals surface area contributed by atoms with E-state index in [2.05, 4.69) is 10.3 Å². The van der Waals surface area contributed by atoms with Crippen LogP contribution in [-0.4, -0.2) is 36.7 Å². The minimum atomic E-state index is -3.40. The van der Waals surface area contributed by atoms with E-state index in [9.17, 15) is 13.2 Å². The van der Waals surface area contributed by atoms with Gasteiger partial charge in [0.05, 0.1) is 15.6 Å². The minimum Gasteiger partial charge on any atom is -0.326 e. The van der Waals surface area contributed by atoms with Crippen LogP contribution in [0.1, 0.15) is 29.8 Å². The van der Waals surface area contributed by atoms with Crippen molar-refractivity contribution in [2.75, 3.05) is 18.4 Å². The molecule has 2 aromatic carbocycles. The smallest absolute Gasteiger partial charge is 0.243 e. The highest BCUT2D eigenvalue weighted by Crippen LogP contribution is 2.24. The van der Waals surface area contributed by atoms with Crippen molar-refractivity contribution in [3.8, 4) is 11.3 Å². The molecule has 3 aromatic rings. The van der Waals surface area contributed by atoms with Crippen LogP contribution in [0.5, 0.6) is 0 Å². The Balaban J connectivity index is 1.30. The molecule has 1 saturated heterocycles. The van der Waals surface area contributed by atoms with Crippen LogP contribution in [0, 0.1) is 6.92 Å². The van der Waals surface area contributed by atoms with Gasteiger partial charge in [-0.25, -0.2) is 13.4 Å². The van der Waals surface area contributed by atoms with E-state index in [4.69, 9.17) is 0 Å². The Labute approximate surface area is 187 Å². The van der Waals surface area contributed by atoms with Gasteiger partial charge in [-0.15, -0.1) is 11.3 Å². The number of aryl methyl sites for hydroxylation is 2. The number of thiazole rings is 1. The standard InChI is InChI=1S/C23H25N3O3S2/c1-17-24-22(16-30-17)19-7-9-20(10-8-19)25-23(27)13-6-18-4-11-21(12-5-18)31(28,29)26-14-2-3-15-26/h4-5,7-12,16H,2-3,6,13-15H2,1H3,(H,25,27). The Hall–Kier alpha value is -2.55. The van der Waals surface area contributed by atoms with Gasteiger partial charge in [-0.2, -0.15) is 4.31 Å². The number of rotatable bonds is 7. The number of hydrogen-bond donors (Lipinski definition) is 1. The summed E-state index contributed by atoms with van der Waals surface area (Å²) in [5, 5.41) is 5.95. The van der Waals surface area contributed by atoms with E-state index in [-0.39, 0.29) is 5.91 Å². The fraction of sp³-hybridized carbons (Fsp3) is 0.304. The molecule has 0 saturated carbocycles. The number of amides is 1. The Kier molecular flexibility index (Phi) is 6.50. The summed E-state index contributed by atoms with van der Waals surface area (Å²) >= 11 is 1.61. The highest BCUT2D eigenvalue weighted by Gasteiger charge is 2.26. The van der Waals surface area contributed by atoms with Gasteiger partial charge in [0.1, 0.15) is 0 Å². The molecular weight excluding hydrogens is 430 g/mol. The SMILES string of the molecule is Cc1nc(-c2ccc(NC(=O)CCc3ccc(S(=O)(=O)N4CCCC4)cc3)cc2)cs1. The van der Waals surface area contributed by atoms with Crippen molar-refractivity contribution < 1.29 is 13.2 Å². The van der Waals surface area contributed by atoms with Gasteiger partial charge in [0.2, 0.25) is 15.9 Å². The molecule has 1 aliphatic rings.